The number of aromatic nitrogens is 1. The molecule has 0 aliphatic rings. The standard InChI is InChI=1S/C34H33N3O4/c1-2-20-36-25-28(24-27-12-7-9-17-31(27)36)33(38)37(29-14-4-3-5-15-29)21-19-35-34(39)41-23-22-40-32-18-10-13-26-11-6-8-16-30(26)32/h3-18,24-25H,2,19-23H2,1H3/p+1. The zero-order valence-electron chi connectivity index (χ0n) is 23.2. The molecule has 2 amide bonds. The highest BCUT2D eigenvalue weighted by Gasteiger charge is 2.22. The number of aryl methyl sites for hydroxylation is 1. The molecule has 0 saturated carbocycles. The fraction of sp³-hybridized carbons (Fsp3) is 0.206. The number of fused-ring (bicyclic) bond motifs is 2. The van der Waals surface area contributed by atoms with Gasteiger partial charge in [-0.05, 0) is 35.7 Å². The number of carbonyl (C=O) groups excluding carboxylic acids is 2. The highest BCUT2D eigenvalue weighted by atomic mass is 16.6. The number of ether oxygens (including phenoxy) is 2. The molecular weight excluding hydrogens is 514 g/mol. The van der Waals surface area contributed by atoms with E-state index in [1.54, 1.807) is 4.90 Å². The molecule has 1 N–H and O–H groups in total. The predicted molar refractivity (Wildman–Crippen MR) is 161 cm³/mol. The zero-order valence-corrected chi connectivity index (χ0v) is 23.2. The van der Waals surface area contributed by atoms with Crippen LogP contribution >= 0.6 is 0 Å². The highest BCUT2D eigenvalue weighted by molar-refractivity contribution is 6.07. The summed E-state index contributed by atoms with van der Waals surface area (Å²) in [6, 6.07) is 33.3. The van der Waals surface area contributed by atoms with Crippen LogP contribution in [0.1, 0.15) is 23.7 Å². The Hall–Kier alpha value is -4.91. The SMILES string of the molecule is CCC[n+]1cc(C(=O)N(CCNC(=O)OCCOc2cccc3ccccc23)c2ccccc2)cc2ccccc21. The van der Waals surface area contributed by atoms with Crippen molar-refractivity contribution in [1.82, 2.24) is 5.32 Å². The Morgan fingerprint density at radius 3 is 2.39 bits per heavy atom. The molecule has 4 aromatic carbocycles. The first kappa shape index (κ1) is 27.6. The highest BCUT2D eigenvalue weighted by Crippen LogP contribution is 2.25. The third kappa shape index (κ3) is 6.81. The third-order valence-electron chi connectivity index (χ3n) is 6.81. The molecule has 0 fully saturated rings. The van der Waals surface area contributed by atoms with Crippen molar-refractivity contribution in [3.8, 4) is 5.75 Å². The molecule has 0 aliphatic heterocycles. The second-order valence-electron chi connectivity index (χ2n) is 9.66. The number of pyridine rings is 1. The Labute approximate surface area is 239 Å². The van der Waals surface area contributed by atoms with Crippen molar-refractivity contribution < 1.29 is 23.6 Å². The van der Waals surface area contributed by atoms with Gasteiger partial charge in [0.15, 0.2) is 6.20 Å². The molecule has 208 valence electrons. The number of rotatable bonds is 11. The molecule has 5 aromatic rings. The molecule has 41 heavy (non-hydrogen) atoms. The summed E-state index contributed by atoms with van der Waals surface area (Å²) in [5, 5.41) is 5.87. The van der Waals surface area contributed by atoms with Gasteiger partial charge in [-0.3, -0.25) is 4.79 Å². The van der Waals surface area contributed by atoms with Crippen LogP contribution < -0.4 is 19.5 Å². The van der Waals surface area contributed by atoms with Gasteiger partial charge in [-0.1, -0.05) is 73.7 Å². The number of nitrogens with one attached hydrogen (secondary N) is 1. The minimum Gasteiger partial charge on any atom is -0.489 e. The molecular formula is C34H34N3O4+. The maximum atomic E-state index is 13.8. The summed E-state index contributed by atoms with van der Waals surface area (Å²) < 4.78 is 13.3. The molecule has 0 bridgehead atoms. The van der Waals surface area contributed by atoms with Gasteiger partial charge in [-0.2, -0.15) is 4.57 Å². The Kier molecular flexibility index (Phi) is 9.06. The summed E-state index contributed by atoms with van der Waals surface area (Å²) >= 11 is 0. The van der Waals surface area contributed by atoms with E-state index in [4.69, 9.17) is 9.47 Å². The lowest BCUT2D eigenvalue weighted by Crippen LogP contribution is -2.41. The van der Waals surface area contributed by atoms with E-state index < -0.39 is 6.09 Å². The van der Waals surface area contributed by atoms with E-state index in [1.807, 2.05) is 103 Å². The lowest BCUT2D eigenvalue weighted by molar-refractivity contribution is -0.671. The predicted octanol–water partition coefficient (Wildman–Crippen LogP) is 6.14. The van der Waals surface area contributed by atoms with E-state index >= 15 is 0 Å². The van der Waals surface area contributed by atoms with E-state index in [-0.39, 0.29) is 32.2 Å². The van der Waals surface area contributed by atoms with Crippen molar-refractivity contribution in [3.63, 3.8) is 0 Å². The van der Waals surface area contributed by atoms with Crippen LogP contribution in [0.15, 0.2) is 109 Å². The summed E-state index contributed by atoms with van der Waals surface area (Å²) in [6.07, 6.45) is 2.31. The molecule has 0 spiro atoms. The van der Waals surface area contributed by atoms with Crippen molar-refractivity contribution in [2.45, 2.75) is 19.9 Å². The van der Waals surface area contributed by atoms with Gasteiger partial charge >= 0.3 is 6.09 Å². The van der Waals surface area contributed by atoms with Crippen LogP contribution in [0.4, 0.5) is 10.5 Å². The fourth-order valence-corrected chi connectivity index (χ4v) is 4.90. The summed E-state index contributed by atoms with van der Waals surface area (Å²) in [5.41, 5.74) is 2.44. The minimum atomic E-state index is -0.557. The monoisotopic (exact) mass is 548 g/mol. The first-order valence-corrected chi connectivity index (χ1v) is 13.9. The van der Waals surface area contributed by atoms with Crippen LogP contribution in [0.25, 0.3) is 21.7 Å². The molecule has 7 nitrogen and oxygen atoms in total. The molecule has 7 heteroatoms. The van der Waals surface area contributed by atoms with E-state index in [2.05, 4.69) is 22.9 Å². The number of amides is 2. The second-order valence-corrected chi connectivity index (χ2v) is 9.66. The van der Waals surface area contributed by atoms with Crippen molar-refractivity contribution in [3.05, 3.63) is 115 Å². The smallest absolute Gasteiger partial charge is 0.407 e. The quantitative estimate of drug-likeness (QED) is 0.159. The number of alkyl carbamates (subject to hydrolysis) is 1. The van der Waals surface area contributed by atoms with Crippen molar-refractivity contribution >= 4 is 39.4 Å². The minimum absolute atomic E-state index is 0.102. The zero-order chi connectivity index (χ0) is 28.4. The second kappa shape index (κ2) is 13.4. The van der Waals surface area contributed by atoms with Crippen LogP contribution in [0.5, 0.6) is 5.75 Å². The van der Waals surface area contributed by atoms with Crippen molar-refractivity contribution in [2.24, 2.45) is 0 Å². The van der Waals surface area contributed by atoms with Gasteiger partial charge in [0.25, 0.3) is 5.91 Å². The summed E-state index contributed by atoms with van der Waals surface area (Å²) in [5.74, 6) is 0.614. The van der Waals surface area contributed by atoms with E-state index in [9.17, 15) is 9.59 Å². The van der Waals surface area contributed by atoms with Crippen LogP contribution in [0.3, 0.4) is 0 Å². The summed E-state index contributed by atoms with van der Waals surface area (Å²) in [7, 11) is 0. The molecule has 0 aliphatic carbocycles. The molecule has 0 unspecified atom stereocenters. The van der Waals surface area contributed by atoms with Crippen LogP contribution in [-0.4, -0.2) is 38.3 Å². The van der Waals surface area contributed by atoms with Crippen LogP contribution in [0, 0.1) is 0 Å². The number of hydrogen-bond acceptors (Lipinski definition) is 4. The topological polar surface area (TPSA) is 71.8 Å². The molecule has 1 heterocycles. The van der Waals surface area contributed by atoms with Gasteiger partial charge in [0.1, 0.15) is 31.1 Å². The maximum Gasteiger partial charge on any atom is 0.407 e. The van der Waals surface area contributed by atoms with Crippen molar-refractivity contribution in [2.75, 3.05) is 31.2 Å². The van der Waals surface area contributed by atoms with Gasteiger partial charge < -0.3 is 19.7 Å². The lowest BCUT2D eigenvalue weighted by Gasteiger charge is -2.23. The molecule has 1 aromatic heterocycles. The number of nitrogens with zero attached hydrogens (tertiary/aromatic N) is 2. The van der Waals surface area contributed by atoms with Gasteiger partial charge in [0.05, 0.1) is 0 Å². The van der Waals surface area contributed by atoms with E-state index in [1.165, 1.54) is 0 Å². The average Bonchev–Trinajstić information content (AvgIpc) is 3.01. The molecule has 0 radical (unpaired) electrons. The Morgan fingerprint density at radius 2 is 1.56 bits per heavy atom. The number of hydrogen-bond donors (Lipinski definition) is 1. The molecule has 0 atom stereocenters. The number of carbonyl (C=O) groups is 2. The lowest BCUT2D eigenvalue weighted by atomic mass is 10.1. The van der Waals surface area contributed by atoms with Crippen LogP contribution in [0.2, 0.25) is 0 Å². The number of benzene rings is 4. The molecule has 0 saturated heterocycles. The van der Waals surface area contributed by atoms with Gasteiger partial charge in [-0.25, -0.2) is 4.79 Å². The first-order chi connectivity index (χ1) is 20.1. The number of anilines is 1. The summed E-state index contributed by atoms with van der Waals surface area (Å²) in [4.78, 5) is 27.9. The average molecular weight is 549 g/mol. The van der Waals surface area contributed by atoms with E-state index in [0.717, 1.165) is 46.1 Å². The Balaban J connectivity index is 1.19. The number of para-hydroxylation sites is 2. The van der Waals surface area contributed by atoms with Crippen molar-refractivity contribution in [1.29, 1.82) is 0 Å². The van der Waals surface area contributed by atoms with Gasteiger partial charge in [0, 0.05) is 42.0 Å². The van der Waals surface area contributed by atoms with Crippen LogP contribution in [-0.2, 0) is 11.3 Å². The molecule has 5 rings (SSSR count). The van der Waals surface area contributed by atoms with Gasteiger partial charge in [0.2, 0.25) is 5.52 Å². The van der Waals surface area contributed by atoms with E-state index in [0.29, 0.717) is 5.56 Å². The normalized spacial score (nSPS) is 10.9. The van der Waals surface area contributed by atoms with Gasteiger partial charge in [-0.15, -0.1) is 0 Å². The Morgan fingerprint density at radius 1 is 0.829 bits per heavy atom. The summed E-state index contributed by atoms with van der Waals surface area (Å²) in [6.45, 7) is 3.77. The maximum absolute atomic E-state index is 13.8. The first-order valence-electron chi connectivity index (χ1n) is 13.9. The third-order valence-corrected chi connectivity index (χ3v) is 6.81. The largest absolute Gasteiger partial charge is 0.489 e. The Bertz CT molecular complexity index is 1630. The fourth-order valence-electron chi connectivity index (χ4n) is 4.90.